The van der Waals surface area contributed by atoms with Gasteiger partial charge in [0.15, 0.2) is 0 Å². The number of hydrogen-bond donors (Lipinski definition) is 0. The quantitative estimate of drug-likeness (QED) is 0.261. The molecule has 0 saturated heterocycles. The van der Waals surface area contributed by atoms with E-state index in [1.807, 2.05) is 0 Å². The molecule has 0 atom stereocenters. The first kappa shape index (κ1) is 18.9. The monoisotopic (exact) mass is 411 g/mol. The summed E-state index contributed by atoms with van der Waals surface area (Å²) in [4.78, 5) is 2.37. The summed E-state index contributed by atoms with van der Waals surface area (Å²) in [5.41, 5.74) is 4.95. The number of para-hydroxylation sites is 2. The summed E-state index contributed by atoms with van der Waals surface area (Å²) in [5, 5.41) is 8.01. The maximum Gasteiger partial charge on any atom is 0.0540 e. The standard InChI is InChI=1S/C31H25N/c1-21(2)26-17-13-22-15-19-28-29(20-16-23-14-18-27(26)30(22)31(23)28)32(24-9-5-3-6-10-24)25-11-7-4-8-12-25/h3-21H,1-2H3. The molecular weight excluding hydrogens is 386 g/mol. The topological polar surface area (TPSA) is 3.24 Å². The van der Waals surface area contributed by atoms with Crippen LogP contribution in [0.1, 0.15) is 25.3 Å². The molecular formula is C31H25N. The molecule has 0 amide bonds. The fourth-order valence-corrected chi connectivity index (χ4v) is 5.09. The Bertz CT molecular complexity index is 1490. The van der Waals surface area contributed by atoms with Gasteiger partial charge in [-0.05, 0) is 68.7 Å². The third-order valence-corrected chi connectivity index (χ3v) is 6.57. The second-order valence-electron chi connectivity index (χ2n) is 8.82. The highest BCUT2D eigenvalue weighted by Gasteiger charge is 2.19. The van der Waals surface area contributed by atoms with Crippen LogP contribution in [0.25, 0.3) is 32.3 Å². The van der Waals surface area contributed by atoms with Crippen LogP contribution in [0.3, 0.4) is 0 Å². The minimum absolute atomic E-state index is 0.490. The first-order chi connectivity index (χ1) is 15.7. The number of anilines is 3. The molecule has 0 bridgehead atoms. The highest BCUT2D eigenvalue weighted by atomic mass is 15.1. The molecule has 1 heteroatoms. The third-order valence-electron chi connectivity index (χ3n) is 6.57. The molecule has 154 valence electrons. The van der Waals surface area contributed by atoms with Crippen LogP contribution < -0.4 is 4.90 Å². The molecule has 0 saturated carbocycles. The van der Waals surface area contributed by atoms with Crippen molar-refractivity contribution in [2.24, 2.45) is 0 Å². The minimum atomic E-state index is 0.490. The smallest absolute Gasteiger partial charge is 0.0540 e. The summed E-state index contributed by atoms with van der Waals surface area (Å²) in [6, 6.07) is 39.6. The average molecular weight is 412 g/mol. The Morgan fingerprint density at radius 3 is 1.59 bits per heavy atom. The first-order valence-corrected chi connectivity index (χ1v) is 11.3. The van der Waals surface area contributed by atoms with Gasteiger partial charge in [0.2, 0.25) is 0 Å². The molecule has 6 rings (SSSR count). The van der Waals surface area contributed by atoms with Crippen molar-refractivity contribution in [2.45, 2.75) is 19.8 Å². The average Bonchev–Trinajstić information content (AvgIpc) is 2.84. The molecule has 6 aromatic carbocycles. The maximum absolute atomic E-state index is 2.37. The van der Waals surface area contributed by atoms with Gasteiger partial charge in [0, 0.05) is 16.8 Å². The van der Waals surface area contributed by atoms with Gasteiger partial charge in [0.1, 0.15) is 0 Å². The molecule has 0 fully saturated rings. The van der Waals surface area contributed by atoms with E-state index in [1.165, 1.54) is 43.6 Å². The Morgan fingerprint density at radius 1 is 0.500 bits per heavy atom. The van der Waals surface area contributed by atoms with Gasteiger partial charge in [-0.1, -0.05) is 92.7 Å². The molecule has 0 aromatic heterocycles. The fourth-order valence-electron chi connectivity index (χ4n) is 5.09. The molecule has 0 unspecified atom stereocenters. The van der Waals surface area contributed by atoms with E-state index in [4.69, 9.17) is 0 Å². The molecule has 0 heterocycles. The van der Waals surface area contributed by atoms with Crippen molar-refractivity contribution in [1.82, 2.24) is 0 Å². The van der Waals surface area contributed by atoms with Gasteiger partial charge in [-0.2, -0.15) is 0 Å². The van der Waals surface area contributed by atoms with Crippen LogP contribution in [-0.2, 0) is 0 Å². The third kappa shape index (κ3) is 2.85. The predicted octanol–water partition coefficient (Wildman–Crippen LogP) is 9.18. The zero-order chi connectivity index (χ0) is 21.7. The lowest BCUT2D eigenvalue weighted by Gasteiger charge is -2.27. The summed E-state index contributed by atoms with van der Waals surface area (Å²) in [5.74, 6) is 0.490. The lowest BCUT2D eigenvalue weighted by Crippen LogP contribution is -2.10. The van der Waals surface area contributed by atoms with E-state index < -0.39 is 0 Å². The molecule has 0 aliphatic rings. The van der Waals surface area contributed by atoms with E-state index in [9.17, 15) is 0 Å². The van der Waals surface area contributed by atoms with Crippen LogP contribution in [0.15, 0.2) is 109 Å². The SMILES string of the molecule is CC(C)c1ccc2ccc3c(N(c4ccccc4)c4ccccc4)ccc4ccc1c2c43. The van der Waals surface area contributed by atoms with E-state index in [1.54, 1.807) is 0 Å². The van der Waals surface area contributed by atoms with Crippen LogP contribution in [0.5, 0.6) is 0 Å². The number of rotatable bonds is 4. The van der Waals surface area contributed by atoms with Crippen LogP contribution >= 0.6 is 0 Å². The number of nitrogens with zero attached hydrogens (tertiary/aromatic N) is 1. The van der Waals surface area contributed by atoms with Gasteiger partial charge in [-0.3, -0.25) is 0 Å². The Hall–Kier alpha value is -3.84. The van der Waals surface area contributed by atoms with Crippen LogP contribution in [-0.4, -0.2) is 0 Å². The molecule has 1 nitrogen and oxygen atoms in total. The molecule has 6 aromatic rings. The zero-order valence-corrected chi connectivity index (χ0v) is 18.4. The Kier molecular flexibility index (Phi) is 4.36. The van der Waals surface area contributed by atoms with Crippen molar-refractivity contribution >= 4 is 49.4 Å². The summed E-state index contributed by atoms with van der Waals surface area (Å²) in [7, 11) is 0. The highest BCUT2D eigenvalue weighted by Crippen LogP contribution is 2.44. The van der Waals surface area contributed by atoms with Gasteiger partial charge in [0.25, 0.3) is 0 Å². The van der Waals surface area contributed by atoms with Crippen LogP contribution in [0.2, 0.25) is 0 Å². The van der Waals surface area contributed by atoms with Crippen molar-refractivity contribution in [3.05, 3.63) is 115 Å². The largest absolute Gasteiger partial charge is 0.310 e. The van der Waals surface area contributed by atoms with Crippen LogP contribution in [0, 0.1) is 0 Å². The van der Waals surface area contributed by atoms with Gasteiger partial charge >= 0.3 is 0 Å². The lowest BCUT2D eigenvalue weighted by atomic mass is 9.88. The lowest BCUT2D eigenvalue weighted by molar-refractivity contribution is 0.877. The van der Waals surface area contributed by atoms with Crippen molar-refractivity contribution in [2.75, 3.05) is 4.90 Å². The molecule has 0 radical (unpaired) electrons. The number of benzene rings is 6. The Labute approximate surface area is 188 Å². The molecule has 0 aliphatic carbocycles. The van der Waals surface area contributed by atoms with E-state index in [0.717, 1.165) is 11.4 Å². The molecule has 0 aliphatic heterocycles. The van der Waals surface area contributed by atoms with Gasteiger partial charge in [-0.15, -0.1) is 0 Å². The Morgan fingerprint density at radius 2 is 1.00 bits per heavy atom. The van der Waals surface area contributed by atoms with E-state index in [-0.39, 0.29) is 0 Å². The first-order valence-electron chi connectivity index (χ1n) is 11.3. The Balaban J connectivity index is 1.72. The summed E-state index contributed by atoms with van der Waals surface area (Å²) >= 11 is 0. The second kappa shape index (κ2) is 7.39. The van der Waals surface area contributed by atoms with E-state index in [2.05, 4.69) is 128 Å². The van der Waals surface area contributed by atoms with Gasteiger partial charge < -0.3 is 4.90 Å². The zero-order valence-electron chi connectivity index (χ0n) is 18.4. The maximum atomic E-state index is 2.37. The van der Waals surface area contributed by atoms with Gasteiger partial charge in [-0.25, -0.2) is 0 Å². The van der Waals surface area contributed by atoms with Crippen molar-refractivity contribution < 1.29 is 0 Å². The van der Waals surface area contributed by atoms with Crippen molar-refractivity contribution in [3.8, 4) is 0 Å². The van der Waals surface area contributed by atoms with E-state index in [0.29, 0.717) is 5.92 Å². The predicted molar refractivity (Wildman–Crippen MR) is 139 cm³/mol. The highest BCUT2D eigenvalue weighted by molar-refractivity contribution is 6.26. The molecule has 32 heavy (non-hydrogen) atoms. The summed E-state index contributed by atoms with van der Waals surface area (Å²) < 4.78 is 0. The van der Waals surface area contributed by atoms with Crippen LogP contribution in [0.4, 0.5) is 17.1 Å². The minimum Gasteiger partial charge on any atom is -0.310 e. The van der Waals surface area contributed by atoms with Gasteiger partial charge in [0.05, 0.1) is 5.69 Å². The molecule has 0 N–H and O–H groups in total. The summed E-state index contributed by atoms with van der Waals surface area (Å²) in [6.45, 7) is 4.56. The van der Waals surface area contributed by atoms with E-state index >= 15 is 0 Å². The molecule has 0 spiro atoms. The summed E-state index contributed by atoms with van der Waals surface area (Å²) in [6.07, 6.45) is 0. The van der Waals surface area contributed by atoms with Crippen molar-refractivity contribution in [3.63, 3.8) is 0 Å². The second-order valence-corrected chi connectivity index (χ2v) is 8.82. The van der Waals surface area contributed by atoms with Crippen molar-refractivity contribution in [1.29, 1.82) is 0 Å². The number of hydrogen-bond acceptors (Lipinski definition) is 1. The normalized spacial score (nSPS) is 11.7. The fraction of sp³-hybridized carbons (Fsp3) is 0.0968.